The third-order valence-electron chi connectivity index (χ3n) is 3.67. The molecule has 3 N–H and O–H groups in total. The van der Waals surface area contributed by atoms with Gasteiger partial charge in [0.05, 0.1) is 0 Å². The van der Waals surface area contributed by atoms with Crippen LogP contribution < -0.4 is 10.5 Å². The second-order valence-electron chi connectivity index (χ2n) is 4.86. The smallest absolute Gasteiger partial charge is 0.279 e. The van der Waals surface area contributed by atoms with Gasteiger partial charge < -0.3 is 5.73 Å². The van der Waals surface area contributed by atoms with Crippen LogP contribution in [0.2, 0.25) is 0 Å². The highest BCUT2D eigenvalue weighted by Crippen LogP contribution is 2.14. The van der Waals surface area contributed by atoms with Crippen molar-refractivity contribution < 1.29 is 8.42 Å². The van der Waals surface area contributed by atoms with E-state index in [-0.39, 0.29) is 0 Å². The molecule has 102 valence electrons. The van der Waals surface area contributed by atoms with Gasteiger partial charge in [-0.15, -0.1) is 0 Å². The normalized spacial score (nSPS) is 19.5. The zero-order chi connectivity index (χ0) is 12.9. The first-order valence-electron chi connectivity index (χ1n) is 6.47. The Labute approximate surface area is 105 Å². The highest BCUT2D eigenvalue weighted by molar-refractivity contribution is 7.87. The number of nitrogens with zero attached hydrogens (tertiary/aromatic N) is 1. The van der Waals surface area contributed by atoms with Crippen molar-refractivity contribution in [1.82, 2.24) is 9.03 Å². The molecule has 5 nitrogen and oxygen atoms in total. The Bertz CT molecular complexity index is 320. The molecular weight excluding hydrogens is 238 g/mol. The van der Waals surface area contributed by atoms with Crippen LogP contribution in [0.4, 0.5) is 0 Å². The maximum Gasteiger partial charge on any atom is 0.279 e. The number of nitrogens with one attached hydrogen (secondary N) is 1. The Morgan fingerprint density at radius 2 is 1.71 bits per heavy atom. The fraction of sp³-hybridized carbons (Fsp3) is 1.00. The van der Waals surface area contributed by atoms with E-state index in [1.54, 1.807) is 0 Å². The summed E-state index contributed by atoms with van der Waals surface area (Å²) in [7, 11) is -3.33. The summed E-state index contributed by atoms with van der Waals surface area (Å²) in [6, 6.07) is 0. The summed E-state index contributed by atoms with van der Waals surface area (Å²) in [5, 5.41) is 0. The zero-order valence-electron chi connectivity index (χ0n) is 10.9. The number of nitrogens with two attached hydrogens (primary N) is 1. The minimum Gasteiger partial charge on any atom is -0.324 e. The lowest BCUT2D eigenvalue weighted by Crippen LogP contribution is -2.52. The van der Waals surface area contributed by atoms with Crippen molar-refractivity contribution in [1.29, 1.82) is 0 Å². The topological polar surface area (TPSA) is 75.4 Å². The van der Waals surface area contributed by atoms with Crippen LogP contribution in [0.15, 0.2) is 0 Å². The molecule has 0 bridgehead atoms. The van der Waals surface area contributed by atoms with Gasteiger partial charge in [-0.2, -0.15) is 12.7 Å². The van der Waals surface area contributed by atoms with Gasteiger partial charge in [0.1, 0.15) is 0 Å². The van der Waals surface area contributed by atoms with Gasteiger partial charge in [0, 0.05) is 25.2 Å². The third-order valence-corrected chi connectivity index (χ3v) is 5.22. The van der Waals surface area contributed by atoms with Gasteiger partial charge >= 0.3 is 0 Å². The van der Waals surface area contributed by atoms with E-state index in [1.165, 1.54) is 4.31 Å². The summed E-state index contributed by atoms with van der Waals surface area (Å²) in [5.41, 5.74) is 5.66. The van der Waals surface area contributed by atoms with Crippen molar-refractivity contribution in [3.8, 4) is 0 Å². The molecule has 0 aromatic rings. The molecule has 0 radical (unpaired) electrons. The molecule has 1 fully saturated rings. The summed E-state index contributed by atoms with van der Waals surface area (Å²) in [6.07, 6.45) is 4.57. The van der Waals surface area contributed by atoms with Gasteiger partial charge in [-0.3, -0.25) is 0 Å². The molecule has 17 heavy (non-hydrogen) atoms. The molecule has 0 atom stereocenters. The second-order valence-corrected chi connectivity index (χ2v) is 6.61. The Morgan fingerprint density at radius 1 is 1.18 bits per heavy atom. The molecule has 1 rings (SSSR count). The highest BCUT2D eigenvalue weighted by Gasteiger charge is 2.27. The summed E-state index contributed by atoms with van der Waals surface area (Å²) < 4.78 is 28.2. The maximum absolute atomic E-state index is 12.0. The van der Waals surface area contributed by atoms with Gasteiger partial charge in [-0.25, -0.2) is 4.72 Å². The van der Waals surface area contributed by atoms with Gasteiger partial charge in [0.15, 0.2) is 0 Å². The van der Waals surface area contributed by atoms with Crippen LogP contribution >= 0.6 is 0 Å². The van der Waals surface area contributed by atoms with Crippen LogP contribution in [-0.2, 0) is 10.2 Å². The fourth-order valence-electron chi connectivity index (χ4n) is 1.93. The van der Waals surface area contributed by atoms with Crippen molar-refractivity contribution in [2.24, 2.45) is 5.73 Å². The molecular formula is C11H25N3O2S. The van der Waals surface area contributed by atoms with Crippen LogP contribution in [0, 0.1) is 0 Å². The lowest BCUT2D eigenvalue weighted by Gasteiger charge is -2.30. The van der Waals surface area contributed by atoms with Crippen molar-refractivity contribution in [2.45, 2.75) is 51.5 Å². The maximum atomic E-state index is 12.0. The lowest BCUT2D eigenvalue weighted by atomic mass is 9.95. The predicted molar refractivity (Wildman–Crippen MR) is 69.8 cm³/mol. The number of hydrogen-bond donors (Lipinski definition) is 2. The van der Waals surface area contributed by atoms with Crippen LogP contribution in [0.25, 0.3) is 0 Å². The van der Waals surface area contributed by atoms with E-state index in [0.717, 1.165) is 32.1 Å². The molecule has 0 aromatic carbocycles. The molecule has 0 aliphatic carbocycles. The average molecular weight is 263 g/mol. The van der Waals surface area contributed by atoms with Crippen molar-refractivity contribution >= 4 is 10.2 Å². The quantitative estimate of drug-likeness (QED) is 0.745. The van der Waals surface area contributed by atoms with Crippen LogP contribution in [0.3, 0.4) is 0 Å². The van der Waals surface area contributed by atoms with E-state index < -0.39 is 15.7 Å². The Kier molecular flexibility index (Phi) is 5.37. The average Bonchev–Trinajstić information content (AvgIpc) is 2.37. The van der Waals surface area contributed by atoms with Gasteiger partial charge in [0.25, 0.3) is 10.2 Å². The molecule has 1 heterocycles. The predicted octanol–water partition coefficient (Wildman–Crippen LogP) is 0.824. The minimum absolute atomic E-state index is 0.318. The second kappa shape index (κ2) is 6.13. The molecule has 1 saturated heterocycles. The molecule has 0 spiro atoms. The zero-order valence-corrected chi connectivity index (χ0v) is 11.7. The van der Waals surface area contributed by atoms with Gasteiger partial charge in [-0.05, 0) is 25.7 Å². The van der Waals surface area contributed by atoms with E-state index in [0.29, 0.717) is 19.6 Å². The lowest BCUT2D eigenvalue weighted by molar-refractivity contribution is 0.332. The number of hydrogen-bond acceptors (Lipinski definition) is 3. The monoisotopic (exact) mass is 263 g/mol. The number of piperidine rings is 1. The molecule has 1 aliphatic heterocycles. The van der Waals surface area contributed by atoms with Crippen LogP contribution in [-0.4, -0.2) is 37.9 Å². The largest absolute Gasteiger partial charge is 0.324 e. The van der Waals surface area contributed by atoms with Crippen molar-refractivity contribution in [3.05, 3.63) is 0 Å². The summed E-state index contributed by atoms with van der Waals surface area (Å²) in [6.45, 7) is 5.55. The molecule has 1 aliphatic rings. The molecule has 6 heteroatoms. The van der Waals surface area contributed by atoms with E-state index in [9.17, 15) is 8.42 Å². The third kappa shape index (κ3) is 4.21. The Balaban J connectivity index is 2.54. The van der Waals surface area contributed by atoms with Crippen molar-refractivity contribution in [3.63, 3.8) is 0 Å². The first kappa shape index (κ1) is 14.9. The molecule has 0 unspecified atom stereocenters. The summed E-state index contributed by atoms with van der Waals surface area (Å²) in [5.74, 6) is 0. The first-order chi connectivity index (χ1) is 7.93. The fourth-order valence-corrected chi connectivity index (χ4v) is 3.32. The van der Waals surface area contributed by atoms with Crippen LogP contribution in [0.5, 0.6) is 0 Å². The Hall–Kier alpha value is -0.170. The van der Waals surface area contributed by atoms with Crippen molar-refractivity contribution in [2.75, 3.05) is 19.6 Å². The van der Waals surface area contributed by atoms with E-state index in [2.05, 4.69) is 4.72 Å². The minimum atomic E-state index is -3.33. The van der Waals surface area contributed by atoms with Crippen LogP contribution in [0.1, 0.15) is 46.0 Å². The summed E-state index contributed by atoms with van der Waals surface area (Å²) >= 11 is 0. The first-order valence-corrected chi connectivity index (χ1v) is 7.91. The van der Waals surface area contributed by atoms with E-state index in [1.807, 2.05) is 13.8 Å². The molecule has 0 saturated carbocycles. The number of rotatable bonds is 6. The van der Waals surface area contributed by atoms with Gasteiger partial charge in [0.2, 0.25) is 0 Å². The van der Waals surface area contributed by atoms with E-state index >= 15 is 0 Å². The molecule has 0 aromatic heterocycles. The standard InChI is InChI=1S/C11H25N3O2S/c1-3-11(12,4-2)10-13-17(15,16)14-8-6-5-7-9-14/h13H,3-10,12H2,1-2H3. The Morgan fingerprint density at radius 3 is 2.18 bits per heavy atom. The highest BCUT2D eigenvalue weighted by atomic mass is 32.2. The SMILES string of the molecule is CCC(N)(CC)CNS(=O)(=O)N1CCCCC1. The molecule has 0 amide bonds. The summed E-state index contributed by atoms with van der Waals surface area (Å²) in [4.78, 5) is 0. The van der Waals surface area contributed by atoms with E-state index in [4.69, 9.17) is 5.73 Å². The van der Waals surface area contributed by atoms with Gasteiger partial charge in [-0.1, -0.05) is 20.3 Å².